The van der Waals surface area contributed by atoms with Crippen molar-refractivity contribution in [3.63, 3.8) is 0 Å². The molecule has 0 aliphatic rings. The second-order valence-corrected chi connectivity index (χ2v) is 8.31. The number of sulfone groups is 1. The van der Waals surface area contributed by atoms with Gasteiger partial charge in [-0.1, -0.05) is 30.3 Å². The van der Waals surface area contributed by atoms with Crippen molar-refractivity contribution in [2.45, 2.75) is 37.7 Å². The fourth-order valence-electron chi connectivity index (χ4n) is 2.40. The molecular weight excluding hydrogens is 352 g/mol. The maximum absolute atomic E-state index is 12.1. The summed E-state index contributed by atoms with van der Waals surface area (Å²) in [5.74, 6) is 0.269. The molecule has 0 aliphatic heterocycles. The highest BCUT2D eigenvalue weighted by Crippen LogP contribution is 2.16. The van der Waals surface area contributed by atoms with Crippen LogP contribution in [0.3, 0.4) is 0 Å². The Hall–Kier alpha value is -2.34. The minimum atomic E-state index is -3.34. The van der Waals surface area contributed by atoms with Crippen LogP contribution < -0.4 is 4.74 Å². The van der Waals surface area contributed by atoms with Crippen molar-refractivity contribution in [1.29, 1.82) is 0 Å². The molecule has 0 amide bonds. The van der Waals surface area contributed by atoms with E-state index in [1.807, 2.05) is 32.0 Å². The van der Waals surface area contributed by atoms with E-state index in [2.05, 4.69) is 0 Å². The van der Waals surface area contributed by atoms with E-state index in [4.69, 9.17) is 9.47 Å². The lowest BCUT2D eigenvalue weighted by molar-refractivity contribution is -0.142. The third kappa shape index (κ3) is 6.52. The molecule has 0 saturated heterocycles. The molecule has 0 heterocycles. The molecule has 5 nitrogen and oxygen atoms in total. The normalized spacial score (nSPS) is 11.3. The molecule has 0 unspecified atom stereocenters. The summed E-state index contributed by atoms with van der Waals surface area (Å²) in [5, 5.41) is 0. The second-order valence-electron chi connectivity index (χ2n) is 6.20. The Bertz CT molecular complexity index is 813. The van der Waals surface area contributed by atoms with E-state index in [-0.39, 0.29) is 42.2 Å². The topological polar surface area (TPSA) is 69.7 Å². The summed E-state index contributed by atoms with van der Waals surface area (Å²) in [6.45, 7) is 3.95. The first-order chi connectivity index (χ1) is 12.4. The minimum absolute atomic E-state index is 0.0536. The Kier molecular flexibility index (Phi) is 7.21. The summed E-state index contributed by atoms with van der Waals surface area (Å²) in [5.41, 5.74) is 0.796. The first kappa shape index (κ1) is 20.0. The van der Waals surface area contributed by atoms with Gasteiger partial charge in [-0.15, -0.1) is 0 Å². The highest BCUT2D eigenvalue weighted by Gasteiger charge is 2.14. The van der Waals surface area contributed by atoms with Gasteiger partial charge in [0.2, 0.25) is 0 Å². The van der Waals surface area contributed by atoms with Crippen LogP contribution in [0.2, 0.25) is 0 Å². The third-order valence-corrected chi connectivity index (χ3v) is 5.36. The highest BCUT2D eigenvalue weighted by molar-refractivity contribution is 7.91. The highest BCUT2D eigenvalue weighted by atomic mass is 32.2. The number of esters is 1. The van der Waals surface area contributed by atoms with Gasteiger partial charge in [-0.05, 0) is 50.1 Å². The zero-order chi connectivity index (χ0) is 19.0. The van der Waals surface area contributed by atoms with Gasteiger partial charge in [0, 0.05) is 0 Å². The van der Waals surface area contributed by atoms with Crippen LogP contribution in [-0.4, -0.2) is 32.9 Å². The summed E-state index contributed by atoms with van der Waals surface area (Å²) in [6.07, 6.45) is 0.448. The van der Waals surface area contributed by atoms with Crippen molar-refractivity contribution in [3.8, 4) is 5.75 Å². The van der Waals surface area contributed by atoms with Crippen molar-refractivity contribution in [2.75, 3.05) is 12.4 Å². The van der Waals surface area contributed by atoms with Gasteiger partial charge in [0.25, 0.3) is 0 Å². The molecule has 0 radical (unpaired) electrons. The second kappa shape index (κ2) is 9.38. The minimum Gasteiger partial charge on any atom is -0.491 e. The Balaban J connectivity index is 1.77. The van der Waals surface area contributed by atoms with Gasteiger partial charge in [-0.25, -0.2) is 8.42 Å². The molecular formula is C20H24O5S. The molecule has 0 N–H and O–H groups in total. The monoisotopic (exact) mass is 376 g/mol. The Morgan fingerprint density at radius 1 is 1.04 bits per heavy atom. The predicted molar refractivity (Wildman–Crippen MR) is 100.0 cm³/mol. The number of benzene rings is 2. The SMILES string of the molecule is CC(C)Oc1cccc(CC(=O)OCCCS(=O)(=O)c2ccccc2)c1. The first-order valence-electron chi connectivity index (χ1n) is 8.56. The van der Waals surface area contributed by atoms with Crippen LogP contribution in [0.1, 0.15) is 25.8 Å². The average Bonchev–Trinajstić information content (AvgIpc) is 2.59. The molecule has 140 valence electrons. The molecule has 0 saturated carbocycles. The van der Waals surface area contributed by atoms with Crippen LogP contribution in [0, 0.1) is 0 Å². The lowest BCUT2D eigenvalue weighted by Gasteiger charge is -2.11. The standard InChI is InChI=1S/C20H24O5S/c1-16(2)25-18-9-6-8-17(14-18)15-20(21)24-12-7-13-26(22,23)19-10-4-3-5-11-19/h3-6,8-11,14,16H,7,12-13,15H2,1-2H3. The number of hydrogen-bond acceptors (Lipinski definition) is 5. The van der Waals surface area contributed by atoms with Crippen molar-refractivity contribution >= 4 is 15.8 Å². The van der Waals surface area contributed by atoms with Gasteiger partial charge in [0.15, 0.2) is 9.84 Å². The van der Waals surface area contributed by atoms with Gasteiger partial charge in [-0.3, -0.25) is 4.79 Å². The zero-order valence-electron chi connectivity index (χ0n) is 15.1. The van der Waals surface area contributed by atoms with Crippen LogP contribution in [0.4, 0.5) is 0 Å². The van der Waals surface area contributed by atoms with Gasteiger partial charge in [-0.2, -0.15) is 0 Å². The number of ether oxygens (including phenoxy) is 2. The molecule has 0 atom stereocenters. The molecule has 6 heteroatoms. The summed E-state index contributed by atoms with van der Waals surface area (Å²) in [6, 6.07) is 15.6. The molecule has 0 spiro atoms. The van der Waals surface area contributed by atoms with Crippen LogP contribution in [0.15, 0.2) is 59.5 Å². The van der Waals surface area contributed by atoms with Crippen LogP contribution in [-0.2, 0) is 25.8 Å². The summed E-state index contributed by atoms with van der Waals surface area (Å²) in [4.78, 5) is 12.2. The average molecular weight is 376 g/mol. The maximum Gasteiger partial charge on any atom is 0.310 e. The molecule has 26 heavy (non-hydrogen) atoms. The van der Waals surface area contributed by atoms with Crippen molar-refractivity contribution in [1.82, 2.24) is 0 Å². The quantitative estimate of drug-likeness (QED) is 0.495. The van der Waals surface area contributed by atoms with Gasteiger partial charge >= 0.3 is 5.97 Å². The maximum atomic E-state index is 12.1. The van der Waals surface area contributed by atoms with Crippen LogP contribution in [0.5, 0.6) is 5.75 Å². The number of carbonyl (C=O) groups is 1. The number of rotatable bonds is 9. The lowest BCUT2D eigenvalue weighted by Crippen LogP contribution is -2.13. The van der Waals surface area contributed by atoms with Crippen molar-refractivity contribution < 1.29 is 22.7 Å². The first-order valence-corrected chi connectivity index (χ1v) is 10.2. The van der Waals surface area contributed by atoms with E-state index >= 15 is 0 Å². The van der Waals surface area contributed by atoms with E-state index in [9.17, 15) is 13.2 Å². The Morgan fingerprint density at radius 2 is 1.77 bits per heavy atom. The summed E-state index contributed by atoms with van der Waals surface area (Å²) in [7, 11) is -3.34. The van der Waals surface area contributed by atoms with Gasteiger partial charge in [0.05, 0.1) is 29.8 Å². The van der Waals surface area contributed by atoms with Crippen LogP contribution >= 0.6 is 0 Å². The van der Waals surface area contributed by atoms with E-state index < -0.39 is 9.84 Å². The summed E-state index contributed by atoms with van der Waals surface area (Å²) >= 11 is 0. The van der Waals surface area contributed by atoms with Gasteiger partial charge in [0.1, 0.15) is 5.75 Å². The molecule has 2 aromatic rings. The molecule has 2 rings (SSSR count). The third-order valence-electron chi connectivity index (χ3n) is 3.54. The van der Waals surface area contributed by atoms with Gasteiger partial charge < -0.3 is 9.47 Å². The molecule has 0 fully saturated rings. The number of hydrogen-bond donors (Lipinski definition) is 0. The fraction of sp³-hybridized carbons (Fsp3) is 0.350. The predicted octanol–water partition coefficient (Wildman–Crippen LogP) is 3.42. The van der Waals surface area contributed by atoms with E-state index in [0.29, 0.717) is 5.75 Å². The Morgan fingerprint density at radius 3 is 2.46 bits per heavy atom. The van der Waals surface area contributed by atoms with Crippen LogP contribution in [0.25, 0.3) is 0 Å². The largest absolute Gasteiger partial charge is 0.491 e. The fourth-order valence-corrected chi connectivity index (χ4v) is 3.70. The Labute approximate surface area is 154 Å². The van der Waals surface area contributed by atoms with E-state index in [1.54, 1.807) is 36.4 Å². The van der Waals surface area contributed by atoms with Crippen molar-refractivity contribution in [2.24, 2.45) is 0 Å². The smallest absolute Gasteiger partial charge is 0.310 e. The molecule has 0 aliphatic carbocycles. The van der Waals surface area contributed by atoms with E-state index in [0.717, 1.165) is 5.56 Å². The zero-order valence-corrected chi connectivity index (χ0v) is 15.9. The summed E-state index contributed by atoms with van der Waals surface area (Å²) < 4.78 is 35.0. The molecule has 0 bridgehead atoms. The molecule has 0 aromatic heterocycles. The number of carbonyl (C=O) groups excluding carboxylic acids is 1. The molecule has 2 aromatic carbocycles. The van der Waals surface area contributed by atoms with E-state index in [1.165, 1.54) is 0 Å². The lowest BCUT2D eigenvalue weighted by atomic mass is 10.1. The van der Waals surface area contributed by atoms with Crippen molar-refractivity contribution in [3.05, 3.63) is 60.2 Å².